The SMILES string of the molecule is Cc1ccc(Oc2ccc(CO)c(C)c2)cn1. The molecule has 2 aromatic rings. The molecule has 0 aliphatic rings. The van der Waals surface area contributed by atoms with Crippen molar-refractivity contribution in [2.45, 2.75) is 20.5 Å². The largest absolute Gasteiger partial charge is 0.456 e. The Labute approximate surface area is 101 Å². The van der Waals surface area contributed by atoms with Gasteiger partial charge in [0, 0.05) is 5.69 Å². The van der Waals surface area contributed by atoms with Crippen LogP contribution >= 0.6 is 0 Å². The maximum absolute atomic E-state index is 9.08. The van der Waals surface area contributed by atoms with Gasteiger partial charge in [-0.25, -0.2) is 0 Å². The standard InChI is InChI=1S/C14H15NO2/c1-10-7-13(6-4-12(10)9-16)17-14-5-3-11(2)15-8-14/h3-8,16H,9H2,1-2H3. The second-order valence-electron chi connectivity index (χ2n) is 3.98. The molecular formula is C14H15NO2. The fourth-order valence-corrected chi connectivity index (χ4v) is 1.56. The topological polar surface area (TPSA) is 42.4 Å². The van der Waals surface area contributed by atoms with Gasteiger partial charge < -0.3 is 9.84 Å². The van der Waals surface area contributed by atoms with Crippen LogP contribution in [-0.4, -0.2) is 10.1 Å². The molecule has 0 unspecified atom stereocenters. The fourth-order valence-electron chi connectivity index (χ4n) is 1.56. The Morgan fingerprint density at radius 3 is 2.47 bits per heavy atom. The molecule has 0 atom stereocenters. The monoisotopic (exact) mass is 229 g/mol. The summed E-state index contributed by atoms with van der Waals surface area (Å²) >= 11 is 0. The number of hydrogen-bond donors (Lipinski definition) is 1. The first kappa shape index (κ1) is 11.6. The Bertz CT molecular complexity index is 506. The molecule has 0 fully saturated rings. The smallest absolute Gasteiger partial charge is 0.145 e. The Morgan fingerprint density at radius 1 is 1.12 bits per heavy atom. The van der Waals surface area contributed by atoms with Crippen molar-refractivity contribution in [2.75, 3.05) is 0 Å². The normalized spacial score (nSPS) is 10.3. The summed E-state index contributed by atoms with van der Waals surface area (Å²) in [7, 11) is 0. The molecule has 0 saturated heterocycles. The van der Waals surface area contributed by atoms with Gasteiger partial charge in [0.05, 0.1) is 12.8 Å². The van der Waals surface area contributed by atoms with E-state index in [4.69, 9.17) is 9.84 Å². The van der Waals surface area contributed by atoms with E-state index in [-0.39, 0.29) is 6.61 Å². The minimum Gasteiger partial charge on any atom is -0.456 e. The fraction of sp³-hybridized carbons (Fsp3) is 0.214. The molecule has 1 aromatic heterocycles. The molecule has 3 nitrogen and oxygen atoms in total. The molecule has 0 saturated carbocycles. The van der Waals surface area contributed by atoms with Crippen molar-refractivity contribution in [1.29, 1.82) is 0 Å². The Kier molecular flexibility index (Phi) is 3.40. The van der Waals surface area contributed by atoms with E-state index >= 15 is 0 Å². The highest BCUT2D eigenvalue weighted by Crippen LogP contribution is 2.23. The highest BCUT2D eigenvalue weighted by Gasteiger charge is 2.01. The molecule has 88 valence electrons. The van der Waals surface area contributed by atoms with Crippen molar-refractivity contribution in [3.63, 3.8) is 0 Å². The first-order valence-corrected chi connectivity index (χ1v) is 5.50. The lowest BCUT2D eigenvalue weighted by Gasteiger charge is -2.08. The van der Waals surface area contributed by atoms with Crippen LogP contribution in [0.2, 0.25) is 0 Å². The lowest BCUT2D eigenvalue weighted by molar-refractivity contribution is 0.281. The van der Waals surface area contributed by atoms with Gasteiger partial charge in [-0.15, -0.1) is 0 Å². The van der Waals surface area contributed by atoms with Crippen molar-refractivity contribution in [3.8, 4) is 11.5 Å². The minimum atomic E-state index is 0.0538. The lowest BCUT2D eigenvalue weighted by Crippen LogP contribution is -1.91. The molecule has 0 aliphatic heterocycles. The third kappa shape index (κ3) is 2.82. The molecule has 0 aliphatic carbocycles. The maximum atomic E-state index is 9.08. The van der Waals surface area contributed by atoms with E-state index in [1.54, 1.807) is 6.20 Å². The van der Waals surface area contributed by atoms with E-state index in [2.05, 4.69) is 4.98 Å². The van der Waals surface area contributed by atoms with Crippen LogP contribution in [0.25, 0.3) is 0 Å². The molecule has 1 aromatic carbocycles. The molecule has 0 amide bonds. The van der Waals surface area contributed by atoms with Crippen molar-refractivity contribution in [3.05, 3.63) is 53.3 Å². The average Bonchev–Trinajstić information content (AvgIpc) is 2.32. The van der Waals surface area contributed by atoms with Gasteiger partial charge in [0.1, 0.15) is 11.5 Å². The van der Waals surface area contributed by atoms with Crippen LogP contribution in [0.4, 0.5) is 0 Å². The maximum Gasteiger partial charge on any atom is 0.145 e. The molecule has 0 bridgehead atoms. The zero-order valence-electron chi connectivity index (χ0n) is 9.97. The number of ether oxygens (including phenoxy) is 1. The van der Waals surface area contributed by atoms with Crippen LogP contribution in [0.1, 0.15) is 16.8 Å². The van der Waals surface area contributed by atoms with Crippen LogP contribution in [0.15, 0.2) is 36.5 Å². The minimum absolute atomic E-state index is 0.0538. The van der Waals surface area contributed by atoms with Crippen LogP contribution in [0.3, 0.4) is 0 Å². The van der Waals surface area contributed by atoms with Crippen molar-refractivity contribution < 1.29 is 9.84 Å². The van der Waals surface area contributed by atoms with Crippen LogP contribution < -0.4 is 4.74 Å². The molecular weight excluding hydrogens is 214 g/mol. The zero-order chi connectivity index (χ0) is 12.3. The van der Waals surface area contributed by atoms with Gasteiger partial charge in [0.15, 0.2) is 0 Å². The van der Waals surface area contributed by atoms with Crippen molar-refractivity contribution >= 4 is 0 Å². The third-order valence-electron chi connectivity index (χ3n) is 2.60. The van der Waals surface area contributed by atoms with E-state index < -0.39 is 0 Å². The predicted molar refractivity (Wildman–Crippen MR) is 66.1 cm³/mol. The number of benzene rings is 1. The Hall–Kier alpha value is -1.87. The van der Waals surface area contributed by atoms with E-state index in [0.717, 1.165) is 22.6 Å². The summed E-state index contributed by atoms with van der Waals surface area (Å²) in [4.78, 5) is 4.17. The number of aliphatic hydroxyl groups is 1. The number of hydrogen-bond acceptors (Lipinski definition) is 3. The van der Waals surface area contributed by atoms with E-state index in [1.807, 2.05) is 44.2 Å². The highest BCUT2D eigenvalue weighted by atomic mass is 16.5. The van der Waals surface area contributed by atoms with Crippen LogP contribution in [-0.2, 0) is 6.61 Å². The molecule has 2 rings (SSSR count). The number of rotatable bonds is 3. The number of aliphatic hydroxyl groups excluding tert-OH is 1. The molecule has 0 spiro atoms. The summed E-state index contributed by atoms with van der Waals surface area (Å²) in [6.45, 7) is 3.94. The second kappa shape index (κ2) is 4.97. The summed E-state index contributed by atoms with van der Waals surface area (Å²) < 4.78 is 5.67. The average molecular weight is 229 g/mol. The van der Waals surface area contributed by atoms with Crippen molar-refractivity contribution in [1.82, 2.24) is 4.98 Å². The molecule has 0 radical (unpaired) electrons. The summed E-state index contributed by atoms with van der Waals surface area (Å²) in [5, 5.41) is 9.08. The Balaban J connectivity index is 2.19. The number of aromatic nitrogens is 1. The number of nitrogens with zero attached hydrogens (tertiary/aromatic N) is 1. The Morgan fingerprint density at radius 2 is 1.88 bits per heavy atom. The van der Waals surface area contributed by atoms with E-state index in [9.17, 15) is 0 Å². The third-order valence-corrected chi connectivity index (χ3v) is 2.60. The van der Waals surface area contributed by atoms with E-state index in [0.29, 0.717) is 5.75 Å². The zero-order valence-corrected chi connectivity index (χ0v) is 9.97. The van der Waals surface area contributed by atoms with Gasteiger partial charge in [0.25, 0.3) is 0 Å². The molecule has 17 heavy (non-hydrogen) atoms. The summed E-state index contributed by atoms with van der Waals surface area (Å²) in [6.07, 6.45) is 1.70. The highest BCUT2D eigenvalue weighted by molar-refractivity contribution is 5.37. The second-order valence-corrected chi connectivity index (χ2v) is 3.98. The van der Waals surface area contributed by atoms with Gasteiger partial charge in [-0.1, -0.05) is 6.07 Å². The van der Waals surface area contributed by atoms with Gasteiger partial charge in [-0.2, -0.15) is 0 Å². The first-order valence-electron chi connectivity index (χ1n) is 5.50. The summed E-state index contributed by atoms with van der Waals surface area (Å²) in [5.74, 6) is 1.47. The number of pyridine rings is 1. The summed E-state index contributed by atoms with van der Waals surface area (Å²) in [6, 6.07) is 9.41. The predicted octanol–water partition coefficient (Wildman–Crippen LogP) is 2.98. The van der Waals surface area contributed by atoms with Gasteiger partial charge in [-0.3, -0.25) is 4.98 Å². The van der Waals surface area contributed by atoms with Crippen LogP contribution in [0.5, 0.6) is 11.5 Å². The summed E-state index contributed by atoms with van der Waals surface area (Å²) in [5.41, 5.74) is 2.90. The lowest BCUT2D eigenvalue weighted by atomic mass is 10.1. The first-order chi connectivity index (χ1) is 8.19. The van der Waals surface area contributed by atoms with Crippen LogP contribution in [0, 0.1) is 13.8 Å². The van der Waals surface area contributed by atoms with Crippen molar-refractivity contribution in [2.24, 2.45) is 0 Å². The van der Waals surface area contributed by atoms with Gasteiger partial charge in [-0.05, 0) is 49.2 Å². The van der Waals surface area contributed by atoms with Gasteiger partial charge >= 0.3 is 0 Å². The number of aryl methyl sites for hydroxylation is 2. The molecule has 1 heterocycles. The molecule has 3 heteroatoms. The quantitative estimate of drug-likeness (QED) is 0.879. The molecule has 1 N–H and O–H groups in total. The van der Waals surface area contributed by atoms with E-state index in [1.165, 1.54) is 0 Å². The van der Waals surface area contributed by atoms with Gasteiger partial charge in [0.2, 0.25) is 0 Å².